The van der Waals surface area contributed by atoms with E-state index in [0.717, 1.165) is 30.4 Å². The van der Waals surface area contributed by atoms with Crippen molar-refractivity contribution in [2.24, 2.45) is 28.7 Å². The smallest absolute Gasteiger partial charge is 0.307 e. The predicted molar refractivity (Wildman–Crippen MR) is 179 cm³/mol. The summed E-state index contributed by atoms with van der Waals surface area (Å²) in [7, 11) is -0.897. The molecule has 3 rings (SSSR count). The summed E-state index contributed by atoms with van der Waals surface area (Å²) < 4.78 is 12.9. The topological polar surface area (TPSA) is 47.9 Å². The lowest BCUT2D eigenvalue weighted by molar-refractivity contribution is -0.155. The zero-order valence-electron chi connectivity index (χ0n) is 27.5. The van der Waals surface area contributed by atoms with Gasteiger partial charge in [0.05, 0.1) is 12.1 Å². The Kier molecular flexibility index (Phi) is 11.8. The molecule has 1 aliphatic carbocycles. The fourth-order valence-corrected chi connectivity index (χ4v) is 10.8. The normalized spacial score (nSPS) is 18.6. The van der Waals surface area contributed by atoms with Crippen LogP contribution in [-0.4, -0.2) is 39.3 Å². The van der Waals surface area contributed by atoms with Crippen molar-refractivity contribution in [3.63, 3.8) is 0 Å². The van der Waals surface area contributed by atoms with Gasteiger partial charge >= 0.3 is 5.97 Å². The summed E-state index contributed by atoms with van der Waals surface area (Å²) in [5.41, 5.74) is 0.235. The molecule has 1 aliphatic rings. The third-order valence-electron chi connectivity index (χ3n) is 8.11. The first-order valence-corrected chi connectivity index (χ1v) is 17.6. The molecule has 1 saturated carbocycles. The molecule has 0 radical (unpaired) electrons. The molecule has 0 unspecified atom stereocenters. The highest BCUT2D eigenvalue weighted by Gasteiger charge is 2.50. The van der Waals surface area contributed by atoms with Crippen molar-refractivity contribution < 1.29 is 14.0 Å². The molecule has 2 aromatic rings. The van der Waals surface area contributed by atoms with Crippen LogP contribution in [0.3, 0.4) is 0 Å². The molecule has 1 fully saturated rings. The number of nitrogens with zero attached hydrogens (tertiary/aromatic N) is 1. The lowest BCUT2D eigenvalue weighted by Gasteiger charge is -2.43. The highest BCUT2D eigenvalue weighted by molar-refractivity contribution is 6.99. The van der Waals surface area contributed by atoms with Gasteiger partial charge in [-0.15, -0.1) is 0 Å². The van der Waals surface area contributed by atoms with Crippen LogP contribution in [0, 0.1) is 35.5 Å². The Morgan fingerprint density at radius 3 is 1.95 bits per heavy atom. The van der Waals surface area contributed by atoms with E-state index in [1.165, 1.54) is 16.8 Å². The molecule has 228 valence electrons. The predicted octanol–water partition coefficient (Wildman–Crippen LogP) is 7.45. The van der Waals surface area contributed by atoms with Crippen LogP contribution in [-0.2, 0) is 14.0 Å². The van der Waals surface area contributed by atoms with Crippen molar-refractivity contribution in [2.75, 3.05) is 13.7 Å². The number of aliphatic imine (C=N–C) groups is 1. The van der Waals surface area contributed by atoms with Crippen LogP contribution in [0.5, 0.6) is 0 Å². The maximum absolute atomic E-state index is 13.0. The van der Waals surface area contributed by atoms with Crippen molar-refractivity contribution in [1.82, 2.24) is 0 Å². The Morgan fingerprint density at radius 2 is 1.50 bits per heavy atom. The second kappa shape index (κ2) is 14.7. The third-order valence-corrected chi connectivity index (χ3v) is 13.1. The van der Waals surface area contributed by atoms with Crippen LogP contribution < -0.4 is 10.4 Å². The number of rotatable bonds is 11. The molecule has 0 amide bonds. The highest BCUT2D eigenvalue weighted by atomic mass is 28.4. The molecule has 0 N–H and O–H groups in total. The molecule has 0 saturated heterocycles. The molecular weight excluding hydrogens is 534 g/mol. The number of ether oxygens (including phenoxy) is 1. The van der Waals surface area contributed by atoms with Gasteiger partial charge in [0.25, 0.3) is 8.32 Å². The minimum absolute atomic E-state index is 0.116. The fourth-order valence-electron chi connectivity index (χ4n) is 6.26. The largest absolute Gasteiger partial charge is 0.460 e. The van der Waals surface area contributed by atoms with Gasteiger partial charge < -0.3 is 9.16 Å². The number of benzene rings is 2. The number of hydrogen-bond donors (Lipinski definition) is 0. The minimum atomic E-state index is -2.69. The SMILES string of the molecule is CN=C(C#CC1CC(CC(C)C)C1)[C@@H](CCO[Si](c1ccccc1)(c1ccccc1)C(C)(C)C)CC(=O)OC(C)(C)C. The van der Waals surface area contributed by atoms with E-state index in [0.29, 0.717) is 18.9 Å². The summed E-state index contributed by atoms with van der Waals surface area (Å²) in [5, 5.41) is 2.38. The van der Waals surface area contributed by atoms with Gasteiger partial charge in [0.15, 0.2) is 0 Å². The van der Waals surface area contributed by atoms with E-state index in [-0.39, 0.29) is 23.3 Å². The van der Waals surface area contributed by atoms with Crippen molar-refractivity contribution in [1.29, 1.82) is 0 Å². The van der Waals surface area contributed by atoms with Gasteiger partial charge in [-0.2, -0.15) is 0 Å². The maximum atomic E-state index is 13.0. The molecule has 42 heavy (non-hydrogen) atoms. The second-order valence-electron chi connectivity index (χ2n) is 14.3. The fraction of sp³-hybridized carbons (Fsp3) is 0.568. The molecule has 4 nitrogen and oxygen atoms in total. The van der Waals surface area contributed by atoms with Gasteiger partial charge in [0, 0.05) is 25.5 Å². The number of carbonyl (C=O) groups excluding carboxylic acids is 1. The van der Waals surface area contributed by atoms with Crippen LogP contribution >= 0.6 is 0 Å². The van der Waals surface area contributed by atoms with E-state index < -0.39 is 13.9 Å². The maximum Gasteiger partial charge on any atom is 0.307 e. The average Bonchev–Trinajstić information content (AvgIpc) is 2.88. The monoisotopic (exact) mass is 587 g/mol. The lowest BCUT2D eigenvalue weighted by atomic mass is 9.71. The van der Waals surface area contributed by atoms with Crippen LogP contribution in [0.25, 0.3) is 0 Å². The van der Waals surface area contributed by atoms with Gasteiger partial charge in [-0.3, -0.25) is 9.79 Å². The van der Waals surface area contributed by atoms with Gasteiger partial charge in [-0.25, -0.2) is 0 Å². The van der Waals surface area contributed by atoms with Crippen LogP contribution in [0.4, 0.5) is 0 Å². The van der Waals surface area contributed by atoms with Crippen LogP contribution in [0.2, 0.25) is 5.04 Å². The van der Waals surface area contributed by atoms with E-state index in [1.807, 2.05) is 20.8 Å². The minimum Gasteiger partial charge on any atom is -0.460 e. The van der Waals surface area contributed by atoms with Crippen molar-refractivity contribution in [3.8, 4) is 11.8 Å². The van der Waals surface area contributed by atoms with Gasteiger partial charge in [-0.1, -0.05) is 107 Å². The Morgan fingerprint density at radius 1 is 0.952 bits per heavy atom. The van der Waals surface area contributed by atoms with E-state index >= 15 is 0 Å². The van der Waals surface area contributed by atoms with E-state index in [1.54, 1.807) is 7.05 Å². The average molecular weight is 588 g/mol. The Hall–Kier alpha value is -2.68. The molecule has 0 spiro atoms. The van der Waals surface area contributed by atoms with Crippen molar-refractivity contribution >= 4 is 30.4 Å². The third kappa shape index (κ3) is 9.16. The van der Waals surface area contributed by atoms with Crippen molar-refractivity contribution in [3.05, 3.63) is 60.7 Å². The first-order chi connectivity index (χ1) is 19.7. The zero-order valence-corrected chi connectivity index (χ0v) is 28.5. The summed E-state index contributed by atoms with van der Waals surface area (Å²) in [6.07, 6.45) is 4.48. The first kappa shape index (κ1) is 33.8. The van der Waals surface area contributed by atoms with E-state index in [4.69, 9.17) is 9.16 Å². The van der Waals surface area contributed by atoms with Crippen molar-refractivity contribution in [2.45, 2.75) is 98.1 Å². The summed E-state index contributed by atoms with van der Waals surface area (Å²) in [6, 6.07) is 21.3. The molecule has 0 heterocycles. The summed E-state index contributed by atoms with van der Waals surface area (Å²) in [6.45, 7) is 17.7. The molecule has 5 heteroatoms. The summed E-state index contributed by atoms with van der Waals surface area (Å²) >= 11 is 0. The van der Waals surface area contributed by atoms with Gasteiger partial charge in [-0.05, 0) is 73.7 Å². The van der Waals surface area contributed by atoms with Gasteiger partial charge in [0.2, 0.25) is 0 Å². The molecule has 2 aromatic carbocycles. The Bertz CT molecular complexity index is 1180. The Labute approximate surface area is 256 Å². The second-order valence-corrected chi connectivity index (χ2v) is 18.6. The molecule has 0 bridgehead atoms. The molecular formula is C37H53NO3Si. The zero-order chi connectivity index (χ0) is 31.0. The quantitative estimate of drug-likeness (QED) is 0.119. The number of carbonyl (C=O) groups is 1. The van der Waals surface area contributed by atoms with E-state index in [9.17, 15) is 4.79 Å². The van der Waals surface area contributed by atoms with Gasteiger partial charge in [0.1, 0.15) is 5.60 Å². The summed E-state index contributed by atoms with van der Waals surface area (Å²) in [5.74, 6) is 8.44. The van der Waals surface area contributed by atoms with Crippen LogP contribution in [0.15, 0.2) is 65.7 Å². The molecule has 1 atom stereocenters. The van der Waals surface area contributed by atoms with Crippen LogP contribution in [0.1, 0.15) is 87.5 Å². The number of esters is 1. The standard InChI is InChI=1S/C37H53NO3Si/c1-28(2)24-30-25-29(26-30)20-21-34(38-9)31(27-35(39)41-36(3,4)5)22-23-40-42(37(6,7)8,32-16-12-10-13-17-32)33-18-14-11-15-19-33/h10-19,28-31H,22-27H2,1-9H3/t29?,30?,31-/m0/s1. The lowest BCUT2D eigenvalue weighted by Crippen LogP contribution is -2.66. The first-order valence-electron chi connectivity index (χ1n) is 15.7. The Balaban J connectivity index is 1.87. The number of hydrogen-bond acceptors (Lipinski definition) is 4. The molecule has 0 aliphatic heterocycles. The highest BCUT2D eigenvalue weighted by Crippen LogP contribution is 2.38. The molecule has 0 aromatic heterocycles. The summed E-state index contributed by atoms with van der Waals surface area (Å²) in [4.78, 5) is 17.7. The van der Waals surface area contributed by atoms with E-state index in [2.05, 4.69) is 112 Å².